The summed E-state index contributed by atoms with van der Waals surface area (Å²) in [6.07, 6.45) is 0. The summed E-state index contributed by atoms with van der Waals surface area (Å²) in [6, 6.07) is 21.7. The Labute approximate surface area is 170 Å². The lowest BCUT2D eigenvalue weighted by Crippen LogP contribution is -1.90. The smallest absolute Gasteiger partial charge is 0.223 e. The number of fused-ring (bicyclic) bond motifs is 3. The van der Waals surface area contributed by atoms with E-state index in [1.165, 1.54) is 0 Å². The molecular formula is C23H15ClN2OS. The number of hydrogen-bond acceptors (Lipinski definition) is 4. The highest BCUT2D eigenvalue weighted by atomic mass is 35.5. The van der Waals surface area contributed by atoms with Gasteiger partial charge in [-0.1, -0.05) is 42.5 Å². The average molecular weight is 403 g/mol. The van der Waals surface area contributed by atoms with Gasteiger partial charge in [0.05, 0.1) is 15.9 Å². The van der Waals surface area contributed by atoms with Gasteiger partial charge in [0.1, 0.15) is 5.75 Å². The van der Waals surface area contributed by atoms with E-state index in [1.54, 1.807) is 17.4 Å². The van der Waals surface area contributed by atoms with Gasteiger partial charge in [0.2, 0.25) is 5.28 Å². The number of rotatable bonds is 2. The van der Waals surface area contributed by atoms with Gasteiger partial charge in [0.25, 0.3) is 0 Å². The maximum atomic E-state index is 10.5. The van der Waals surface area contributed by atoms with E-state index < -0.39 is 0 Å². The third-order valence-corrected chi connectivity index (χ3v) is 6.23. The van der Waals surface area contributed by atoms with Crippen molar-refractivity contribution in [3.63, 3.8) is 0 Å². The number of nitrogens with zero attached hydrogens (tertiary/aromatic N) is 2. The minimum atomic E-state index is 0.219. The molecule has 0 bridgehead atoms. The Morgan fingerprint density at radius 2 is 1.68 bits per heavy atom. The lowest BCUT2D eigenvalue weighted by Gasteiger charge is -2.11. The first-order chi connectivity index (χ1) is 13.6. The van der Waals surface area contributed by atoms with Crippen LogP contribution in [0.5, 0.6) is 5.75 Å². The Hall–Kier alpha value is -2.95. The lowest BCUT2D eigenvalue weighted by atomic mass is 9.97. The Morgan fingerprint density at radius 1 is 0.893 bits per heavy atom. The van der Waals surface area contributed by atoms with E-state index in [2.05, 4.69) is 22.1 Å². The van der Waals surface area contributed by atoms with Crippen LogP contribution in [-0.4, -0.2) is 15.1 Å². The van der Waals surface area contributed by atoms with Crippen LogP contribution in [0.3, 0.4) is 0 Å². The zero-order chi connectivity index (χ0) is 19.3. The Morgan fingerprint density at radius 3 is 2.54 bits per heavy atom. The summed E-state index contributed by atoms with van der Waals surface area (Å²) < 4.78 is 2.14. The highest BCUT2D eigenvalue weighted by molar-refractivity contribution is 7.26. The zero-order valence-corrected chi connectivity index (χ0v) is 16.6. The van der Waals surface area contributed by atoms with Crippen LogP contribution in [-0.2, 0) is 0 Å². The fourth-order valence-corrected chi connectivity index (χ4v) is 4.86. The molecule has 0 saturated heterocycles. The van der Waals surface area contributed by atoms with Crippen LogP contribution in [0.15, 0.2) is 66.7 Å². The van der Waals surface area contributed by atoms with Gasteiger partial charge in [-0.15, -0.1) is 11.3 Å². The Balaban J connectivity index is 1.79. The molecule has 5 heteroatoms. The van der Waals surface area contributed by atoms with Crippen LogP contribution in [0.4, 0.5) is 0 Å². The van der Waals surface area contributed by atoms with E-state index in [1.807, 2.05) is 55.5 Å². The molecule has 0 aliphatic rings. The number of aromatic hydroxyl groups is 1. The van der Waals surface area contributed by atoms with Gasteiger partial charge in [-0.3, -0.25) is 0 Å². The second kappa shape index (κ2) is 6.59. The van der Waals surface area contributed by atoms with Crippen molar-refractivity contribution in [2.24, 2.45) is 0 Å². The SMILES string of the molecule is Cc1ccccc1-c1cc(-c2nc(Cl)nc3c2sc2ccccc23)ccc1O. The number of aryl methyl sites for hydroxylation is 1. The summed E-state index contributed by atoms with van der Waals surface area (Å²) in [6.45, 7) is 2.03. The van der Waals surface area contributed by atoms with Crippen molar-refractivity contribution in [3.05, 3.63) is 77.6 Å². The molecular weight excluding hydrogens is 388 g/mol. The molecule has 1 N–H and O–H groups in total. The van der Waals surface area contributed by atoms with Crippen LogP contribution in [0.2, 0.25) is 5.28 Å². The molecule has 3 nitrogen and oxygen atoms in total. The second-order valence-electron chi connectivity index (χ2n) is 6.66. The predicted molar refractivity (Wildman–Crippen MR) is 117 cm³/mol. The summed E-state index contributed by atoms with van der Waals surface area (Å²) >= 11 is 7.93. The van der Waals surface area contributed by atoms with Crippen LogP contribution in [0.25, 0.3) is 42.7 Å². The molecule has 5 rings (SSSR count). The number of benzene rings is 3. The number of phenols is 1. The monoisotopic (exact) mass is 402 g/mol. The number of thiophene rings is 1. The molecule has 0 saturated carbocycles. The van der Waals surface area contributed by atoms with Crippen LogP contribution >= 0.6 is 22.9 Å². The van der Waals surface area contributed by atoms with Crippen LogP contribution in [0.1, 0.15) is 5.56 Å². The number of phenolic OH excluding ortho intramolecular Hbond substituents is 1. The summed E-state index contributed by atoms with van der Waals surface area (Å²) in [5.74, 6) is 0.241. The largest absolute Gasteiger partial charge is 0.507 e. The van der Waals surface area contributed by atoms with Gasteiger partial charge in [-0.05, 0) is 53.9 Å². The van der Waals surface area contributed by atoms with E-state index in [4.69, 9.17) is 11.6 Å². The Bertz CT molecular complexity index is 1360. The average Bonchev–Trinajstić information content (AvgIpc) is 3.07. The van der Waals surface area contributed by atoms with Crippen molar-refractivity contribution < 1.29 is 5.11 Å². The normalized spacial score (nSPS) is 11.4. The third kappa shape index (κ3) is 2.73. The van der Waals surface area contributed by atoms with E-state index in [0.29, 0.717) is 0 Å². The van der Waals surface area contributed by atoms with Gasteiger partial charge in [-0.25, -0.2) is 9.97 Å². The van der Waals surface area contributed by atoms with E-state index in [-0.39, 0.29) is 11.0 Å². The van der Waals surface area contributed by atoms with Gasteiger partial charge in [-0.2, -0.15) is 0 Å². The van der Waals surface area contributed by atoms with Crippen molar-refractivity contribution in [3.8, 4) is 28.1 Å². The number of aromatic nitrogens is 2. The van der Waals surface area contributed by atoms with Crippen LogP contribution < -0.4 is 0 Å². The topological polar surface area (TPSA) is 46.0 Å². The highest BCUT2D eigenvalue weighted by Crippen LogP contribution is 2.41. The van der Waals surface area contributed by atoms with E-state index in [9.17, 15) is 5.11 Å². The molecule has 0 unspecified atom stereocenters. The summed E-state index contributed by atoms with van der Waals surface area (Å²) in [5, 5.41) is 11.8. The molecule has 0 amide bonds. The van der Waals surface area contributed by atoms with Crippen molar-refractivity contribution in [1.82, 2.24) is 9.97 Å². The van der Waals surface area contributed by atoms with E-state index >= 15 is 0 Å². The first kappa shape index (κ1) is 17.2. The molecule has 0 aliphatic heterocycles. The molecule has 5 aromatic rings. The molecule has 28 heavy (non-hydrogen) atoms. The van der Waals surface area contributed by atoms with E-state index in [0.717, 1.165) is 48.3 Å². The minimum absolute atomic E-state index is 0.219. The molecule has 0 aliphatic carbocycles. The number of halogens is 1. The van der Waals surface area contributed by atoms with Crippen molar-refractivity contribution in [1.29, 1.82) is 0 Å². The van der Waals surface area contributed by atoms with Crippen LogP contribution in [0, 0.1) is 6.92 Å². The quantitative estimate of drug-likeness (QED) is 0.328. The summed E-state index contributed by atoms with van der Waals surface area (Å²) in [7, 11) is 0. The Kier molecular flexibility index (Phi) is 4.04. The maximum Gasteiger partial charge on any atom is 0.223 e. The second-order valence-corrected chi connectivity index (χ2v) is 8.05. The molecule has 0 fully saturated rings. The molecule has 3 aromatic carbocycles. The molecule has 0 atom stereocenters. The molecule has 0 radical (unpaired) electrons. The van der Waals surface area contributed by atoms with Gasteiger partial charge in [0.15, 0.2) is 0 Å². The highest BCUT2D eigenvalue weighted by Gasteiger charge is 2.16. The fraction of sp³-hybridized carbons (Fsp3) is 0.0435. The molecule has 0 spiro atoms. The summed E-state index contributed by atoms with van der Waals surface area (Å²) in [4.78, 5) is 9.01. The first-order valence-corrected chi connectivity index (χ1v) is 10.1. The first-order valence-electron chi connectivity index (χ1n) is 8.86. The van der Waals surface area contributed by atoms with Gasteiger partial charge >= 0.3 is 0 Å². The van der Waals surface area contributed by atoms with Crippen molar-refractivity contribution in [2.45, 2.75) is 6.92 Å². The minimum Gasteiger partial charge on any atom is -0.507 e. The predicted octanol–water partition coefficient (Wildman–Crippen LogP) is 6.85. The zero-order valence-electron chi connectivity index (χ0n) is 15.0. The molecule has 2 heterocycles. The van der Waals surface area contributed by atoms with Crippen molar-refractivity contribution in [2.75, 3.05) is 0 Å². The van der Waals surface area contributed by atoms with Gasteiger partial charge in [0, 0.05) is 21.2 Å². The standard InChI is InChI=1S/C23H15ClN2OS/c1-13-6-2-3-7-15(13)17-12-14(10-11-18(17)27)20-22-21(26-23(24)25-20)16-8-4-5-9-19(16)28-22/h2-12,27H,1H3. The molecule has 2 aromatic heterocycles. The van der Waals surface area contributed by atoms with Gasteiger partial charge < -0.3 is 5.11 Å². The third-order valence-electron chi connectivity index (χ3n) is 4.90. The number of hydrogen-bond donors (Lipinski definition) is 1. The fourth-order valence-electron chi connectivity index (χ4n) is 3.53. The van der Waals surface area contributed by atoms with Crippen molar-refractivity contribution >= 4 is 43.2 Å². The summed E-state index contributed by atoms with van der Waals surface area (Å²) in [5.41, 5.74) is 5.42. The maximum absolute atomic E-state index is 10.5. The molecule has 136 valence electrons. The lowest BCUT2D eigenvalue weighted by molar-refractivity contribution is 0.477.